The van der Waals surface area contributed by atoms with Crippen LogP contribution in [0.25, 0.3) is 5.95 Å². The Hall–Kier alpha value is -3.49. The number of hydrogen-bond acceptors (Lipinski definition) is 6. The van der Waals surface area contributed by atoms with Gasteiger partial charge in [0.25, 0.3) is 5.95 Å². The lowest BCUT2D eigenvalue weighted by molar-refractivity contribution is 0.0697. The molecule has 8 nitrogen and oxygen atoms in total. The van der Waals surface area contributed by atoms with E-state index in [2.05, 4.69) is 15.1 Å². The summed E-state index contributed by atoms with van der Waals surface area (Å²) in [6, 6.07) is 4.28. The van der Waals surface area contributed by atoms with Crippen molar-refractivity contribution in [3.63, 3.8) is 0 Å². The number of halogens is 1. The van der Waals surface area contributed by atoms with E-state index in [4.69, 9.17) is 14.6 Å². The summed E-state index contributed by atoms with van der Waals surface area (Å²) in [4.78, 5) is 19.0. The smallest absolute Gasteiger partial charge is 0.338 e. The van der Waals surface area contributed by atoms with E-state index in [1.165, 1.54) is 48.7 Å². The van der Waals surface area contributed by atoms with E-state index in [0.717, 1.165) is 0 Å². The van der Waals surface area contributed by atoms with Gasteiger partial charge < -0.3 is 14.6 Å². The SMILES string of the molecule is COc1cc(F)cc(COc2cnc(-n3cc(C(=O)O)cn3)nc2)c1. The molecule has 0 saturated carbocycles. The van der Waals surface area contributed by atoms with E-state index in [1.54, 1.807) is 6.07 Å². The Balaban J connectivity index is 1.68. The van der Waals surface area contributed by atoms with Crippen molar-refractivity contribution in [3.05, 3.63) is 59.9 Å². The highest BCUT2D eigenvalue weighted by atomic mass is 19.1. The van der Waals surface area contributed by atoms with Crippen molar-refractivity contribution in [2.24, 2.45) is 0 Å². The van der Waals surface area contributed by atoms with Crippen LogP contribution in [0.4, 0.5) is 4.39 Å². The summed E-state index contributed by atoms with van der Waals surface area (Å²) in [6.45, 7) is 0.113. The zero-order chi connectivity index (χ0) is 17.8. The number of methoxy groups -OCH3 is 1. The average molecular weight is 344 g/mol. The summed E-state index contributed by atoms with van der Waals surface area (Å²) < 4.78 is 25.2. The summed E-state index contributed by atoms with van der Waals surface area (Å²) in [6.07, 6.45) is 5.34. The Morgan fingerprint density at radius 3 is 2.60 bits per heavy atom. The molecule has 2 aromatic heterocycles. The van der Waals surface area contributed by atoms with E-state index < -0.39 is 11.8 Å². The number of carboxylic acids is 1. The van der Waals surface area contributed by atoms with Gasteiger partial charge in [-0.25, -0.2) is 23.8 Å². The highest BCUT2D eigenvalue weighted by Crippen LogP contribution is 2.18. The van der Waals surface area contributed by atoms with E-state index in [9.17, 15) is 9.18 Å². The second-order valence-corrected chi connectivity index (χ2v) is 4.99. The van der Waals surface area contributed by atoms with Crippen molar-refractivity contribution in [3.8, 4) is 17.4 Å². The van der Waals surface area contributed by atoms with Crippen molar-refractivity contribution < 1.29 is 23.8 Å². The Kier molecular flexibility index (Phi) is 4.55. The number of rotatable bonds is 6. The molecule has 0 saturated heterocycles. The Morgan fingerprint density at radius 1 is 1.20 bits per heavy atom. The van der Waals surface area contributed by atoms with Crippen LogP contribution in [0.1, 0.15) is 15.9 Å². The van der Waals surface area contributed by atoms with Gasteiger partial charge in [-0.3, -0.25) is 0 Å². The van der Waals surface area contributed by atoms with E-state index >= 15 is 0 Å². The molecular formula is C16H13FN4O4. The summed E-state index contributed by atoms with van der Waals surface area (Å²) in [5, 5.41) is 12.7. The number of benzene rings is 1. The number of aromatic nitrogens is 4. The van der Waals surface area contributed by atoms with Crippen LogP contribution in [0, 0.1) is 5.82 Å². The van der Waals surface area contributed by atoms with Gasteiger partial charge in [0.05, 0.1) is 31.3 Å². The first-order chi connectivity index (χ1) is 12.0. The van der Waals surface area contributed by atoms with Crippen LogP contribution in [0.3, 0.4) is 0 Å². The Bertz CT molecular complexity index is 895. The van der Waals surface area contributed by atoms with E-state index in [-0.39, 0.29) is 18.1 Å². The maximum atomic E-state index is 13.4. The molecule has 3 aromatic rings. The molecule has 0 bridgehead atoms. The lowest BCUT2D eigenvalue weighted by Gasteiger charge is -2.08. The van der Waals surface area contributed by atoms with Crippen molar-refractivity contribution in [1.29, 1.82) is 0 Å². The molecule has 0 amide bonds. The lowest BCUT2D eigenvalue weighted by atomic mass is 10.2. The van der Waals surface area contributed by atoms with Gasteiger partial charge in [0.15, 0.2) is 5.75 Å². The number of ether oxygens (including phenoxy) is 2. The van der Waals surface area contributed by atoms with Crippen molar-refractivity contribution in [2.75, 3.05) is 7.11 Å². The van der Waals surface area contributed by atoms with E-state index in [0.29, 0.717) is 17.1 Å². The van der Waals surface area contributed by atoms with Gasteiger partial charge in [-0.2, -0.15) is 5.10 Å². The summed E-state index contributed by atoms with van der Waals surface area (Å²) in [5.74, 6) is -0.530. The predicted octanol–water partition coefficient (Wildman–Crippen LogP) is 2.09. The fraction of sp³-hybridized carbons (Fsp3) is 0.125. The minimum atomic E-state index is -1.09. The van der Waals surface area contributed by atoms with Gasteiger partial charge in [0, 0.05) is 12.3 Å². The highest BCUT2D eigenvalue weighted by molar-refractivity contribution is 5.86. The van der Waals surface area contributed by atoms with E-state index in [1.807, 2.05) is 0 Å². The molecule has 0 unspecified atom stereocenters. The maximum Gasteiger partial charge on any atom is 0.338 e. The molecule has 0 radical (unpaired) electrons. The molecule has 128 valence electrons. The Morgan fingerprint density at radius 2 is 1.96 bits per heavy atom. The fourth-order valence-corrected chi connectivity index (χ4v) is 2.03. The van der Waals surface area contributed by atoms with Gasteiger partial charge >= 0.3 is 5.97 Å². The van der Waals surface area contributed by atoms with Gasteiger partial charge in [0.1, 0.15) is 18.2 Å². The van der Waals surface area contributed by atoms with Crippen LogP contribution in [0.15, 0.2) is 43.0 Å². The fourth-order valence-electron chi connectivity index (χ4n) is 2.03. The summed E-state index contributed by atoms with van der Waals surface area (Å²) in [5.41, 5.74) is 0.628. The van der Waals surface area contributed by atoms with Gasteiger partial charge in [-0.15, -0.1) is 0 Å². The van der Waals surface area contributed by atoms with Crippen LogP contribution in [0.5, 0.6) is 11.5 Å². The number of nitrogens with zero attached hydrogens (tertiary/aromatic N) is 4. The maximum absolute atomic E-state index is 13.4. The molecule has 0 aliphatic heterocycles. The van der Waals surface area contributed by atoms with Crippen LogP contribution in [0.2, 0.25) is 0 Å². The molecule has 1 aromatic carbocycles. The topological polar surface area (TPSA) is 99.4 Å². The molecular weight excluding hydrogens is 331 g/mol. The minimum Gasteiger partial charge on any atom is -0.497 e. The Labute approximate surface area is 141 Å². The third-order valence-corrected chi connectivity index (χ3v) is 3.22. The van der Waals surface area contributed by atoms with Crippen LogP contribution < -0.4 is 9.47 Å². The first kappa shape index (κ1) is 16.4. The third kappa shape index (κ3) is 3.89. The van der Waals surface area contributed by atoms with Crippen molar-refractivity contribution in [2.45, 2.75) is 6.61 Å². The lowest BCUT2D eigenvalue weighted by Crippen LogP contribution is -2.03. The number of carboxylic acid groups (broad SMARTS) is 1. The van der Waals surface area contributed by atoms with Gasteiger partial charge in [-0.1, -0.05) is 0 Å². The van der Waals surface area contributed by atoms with Crippen LogP contribution in [-0.2, 0) is 6.61 Å². The van der Waals surface area contributed by atoms with Gasteiger partial charge in [0.2, 0.25) is 0 Å². The van der Waals surface area contributed by atoms with Crippen molar-refractivity contribution in [1.82, 2.24) is 19.7 Å². The second kappa shape index (κ2) is 6.95. The first-order valence-corrected chi connectivity index (χ1v) is 7.12. The number of hydrogen-bond donors (Lipinski definition) is 1. The molecule has 3 rings (SSSR count). The molecule has 9 heteroatoms. The molecule has 1 N–H and O–H groups in total. The molecule has 0 aliphatic rings. The first-order valence-electron chi connectivity index (χ1n) is 7.12. The summed E-state index contributed by atoms with van der Waals surface area (Å²) >= 11 is 0. The molecule has 25 heavy (non-hydrogen) atoms. The average Bonchev–Trinajstić information content (AvgIpc) is 3.10. The number of aromatic carboxylic acids is 1. The predicted molar refractivity (Wildman–Crippen MR) is 83.4 cm³/mol. The normalized spacial score (nSPS) is 10.5. The molecule has 0 atom stereocenters. The summed E-state index contributed by atoms with van der Waals surface area (Å²) in [7, 11) is 1.46. The molecule has 0 fully saturated rings. The van der Waals surface area contributed by atoms with Gasteiger partial charge in [-0.05, 0) is 17.7 Å². The molecule has 0 spiro atoms. The molecule has 2 heterocycles. The van der Waals surface area contributed by atoms with Crippen molar-refractivity contribution >= 4 is 5.97 Å². The number of carbonyl (C=O) groups is 1. The minimum absolute atomic E-state index is 0.0315. The monoisotopic (exact) mass is 344 g/mol. The van der Waals surface area contributed by atoms with Crippen LogP contribution in [-0.4, -0.2) is 37.9 Å². The zero-order valence-electron chi connectivity index (χ0n) is 13.1. The largest absolute Gasteiger partial charge is 0.497 e. The molecule has 0 aliphatic carbocycles. The van der Waals surface area contributed by atoms with Crippen LogP contribution >= 0.6 is 0 Å². The highest BCUT2D eigenvalue weighted by Gasteiger charge is 2.09. The second-order valence-electron chi connectivity index (χ2n) is 4.99. The third-order valence-electron chi connectivity index (χ3n) is 3.22. The zero-order valence-corrected chi connectivity index (χ0v) is 13.1. The standard InChI is InChI=1S/C16H13FN4O4/c1-24-13-3-10(2-12(17)4-13)9-25-14-6-18-16(19-7-14)21-8-11(5-20-21)15(22)23/h2-8H,9H2,1H3,(H,22,23). The quantitative estimate of drug-likeness (QED) is 0.731.